The Kier molecular flexibility index (Phi) is 3.78. The van der Waals surface area contributed by atoms with Crippen molar-refractivity contribution in [3.8, 4) is 0 Å². The summed E-state index contributed by atoms with van der Waals surface area (Å²) in [6, 6.07) is 1.88. The molecule has 1 fully saturated rings. The van der Waals surface area contributed by atoms with Crippen LogP contribution in [0.5, 0.6) is 0 Å². The van der Waals surface area contributed by atoms with Crippen LogP contribution in [0.15, 0.2) is 6.07 Å². The van der Waals surface area contributed by atoms with Gasteiger partial charge in [0.15, 0.2) is 5.82 Å². The molecule has 1 aromatic heterocycles. The number of aromatic nitrogens is 2. The van der Waals surface area contributed by atoms with Crippen molar-refractivity contribution in [2.24, 2.45) is 17.6 Å². The monoisotopic (exact) mass is 236 g/mol. The molecule has 17 heavy (non-hydrogen) atoms. The largest absolute Gasteiger partial charge is 0.330 e. The van der Waals surface area contributed by atoms with E-state index in [4.69, 9.17) is 5.73 Å². The van der Waals surface area contributed by atoms with E-state index in [0.717, 1.165) is 31.4 Å². The number of hydrogen-bond acceptors (Lipinski definition) is 3. The van der Waals surface area contributed by atoms with E-state index in [0.29, 0.717) is 18.3 Å². The summed E-state index contributed by atoms with van der Waals surface area (Å²) in [6.07, 6.45) is 3.99. The highest BCUT2D eigenvalue weighted by atomic mass is 16.2. The maximum absolute atomic E-state index is 12.1. The molecule has 1 heterocycles. The van der Waals surface area contributed by atoms with Gasteiger partial charge >= 0.3 is 0 Å². The van der Waals surface area contributed by atoms with Crippen molar-refractivity contribution in [1.82, 2.24) is 10.2 Å². The Morgan fingerprint density at radius 3 is 3.12 bits per heavy atom. The predicted octanol–water partition coefficient (Wildman–Crippen LogP) is 1.29. The molecule has 2 atom stereocenters. The maximum Gasteiger partial charge on any atom is 0.229 e. The van der Waals surface area contributed by atoms with Gasteiger partial charge in [-0.2, -0.15) is 5.10 Å². The third kappa shape index (κ3) is 2.66. The zero-order chi connectivity index (χ0) is 12.3. The maximum atomic E-state index is 12.1. The molecule has 0 radical (unpaired) electrons. The highest BCUT2D eigenvalue weighted by molar-refractivity contribution is 5.92. The van der Waals surface area contributed by atoms with Crippen molar-refractivity contribution in [2.75, 3.05) is 11.9 Å². The number of aryl methyl sites for hydroxylation is 1. The van der Waals surface area contributed by atoms with E-state index in [2.05, 4.69) is 15.5 Å². The minimum Gasteiger partial charge on any atom is -0.330 e. The lowest BCUT2D eigenvalue weighted by molar-refractivity contribution is -0.120. The number of H-pyrrole nitrogens is 1. The van der Waals surface area contributed by atoms with Gasteiger partial charge in [-0.1, -0.05) is 13.3 Å². The lowest BCUT2D eigenvalue weighted by Gasteiger charge is -2.16. The zero-order valence-electron chi connectivity index (χ0n) is 10.2. The Morgan fingerprint density at radius 2 is 2.47 bits per heavy atom. The summed E-state index contributed by atoms with van der Waals surface area (Å²) in [6.45, 7) is 2.64. The first kappa shape index (κ1) is 12.1. The van der Waals surface area contributed by atoms with Crippen LogP contribution >= 0.6 is 0 Å². The van der Waals surface area contributed by atoms with Gasteiger partial charge in [0.1, 0.15) is 0 Å². The fourth-order valence-electron chi connectivity index (χ4n) is 2.49. The summed E-state index contributed by atoms with van der Waals surface area (Å²) in [7, 11) is 0. The van der Waals surface area contributed by atoms with Crippen LogP contribution < -0.4 is 11.1 Å². The van der Waals surface area contributed by atoms with Crippen LogP contribution in [0.3, 0.4) is 0 Å². The number of aromatic amines is 1. The van der Waals surface area contributed by atoms with Gasteiger partial charge in [0, 0.05) is 17.7 Å². The second-order valence-electron chi connectivity index (χ2n) is 4.65. The Hall–Kier alpha value is -1.36. The number of hydrogen-bond donors (Lipinski definition) is 3. The van der Waals surface area contributed by atoms with Gasteiger partial charge in [-0.25, -0.2) is 0 Å². The van der Waals surface area contributed by atoms with Gasteiger partial charge < -0.3 is 11.1 Å². The normalized spacial score (nSPS) is 23.9. The molecule has 1 saturated carbocycles. The van der Waals surface area contributed by atoms with Crippen LogP contribution in [0.2, 0.25) is 0 Å². The lowest BCUT2D eigenvalue weighted by Crippen LogP contribution is -2.29. The molecule has 94 valence electrons. The molecule has 0 bridgehead atoms. The molecule has 0 aliphatic heterocycles. The third-order valence-corrected chi connectivity index (χ3v) is 3.56. The van der Waals surface area contributed by atoms with E-state index in [1.54, 1.807) is 0 Å². The fraction of sp³-hybridized carbons (Fsp3) is 0.667. The van der Waals surface area contributed by atoms with Gasteiger partial charge in [0.25, 0.3) is 0 Å². The molecule has 0 saturated heterocycles. The predicted molar refractivity (Wildman–Crippen MR) is 66.5 cm³/mol. The van der Waals surface area contributed by atoms with Crippen LogP contribution in [-0.4, -0.2) is 22.6 Å². The minimum absolute atomic E-state index is 0.0572. The second-order valence-corrected chi connectivity index (χ2v) is 4.65. The number of carbonyl (C=O) groups is 1. The summed E-state index contributed by atoms with van der Waals surface area (Å²) in [5, 5.41) is 9.81. The molecule has 5 heteroatoms. The molecule has 2 unspecified atom stereocenters. The van der Waals surface area contributed by atoms with Crippen LogP contribution in [0, 0.1) is 11.8 Å². The first-order chi connectivity index (χ1) is 8.24. The standard InChI is InChI=1S/C12H20N4O/c1-2-9-6-11(16-15-9)14-12(17)10-5-3-4-8(10)7-13/h6,8,10H,2-5,7,13H2,1H3,(H2,14,15,16,17). The number of nitrogens with zero attached hydrogens (tertiary/aromatic N) is 1. The van der Waals surface area contributed by atoms with Gasteiger partial charge in [-0.3, -0.25) is 9.89 Å². The topological polar surface area (TPSA) is 83.8 Å². The fourth-order valence-corrected chi connectivity index (χ4v) is 2.49. The summed E-state index contributed by atoms with van der Waals surface area (Å²) in [5.74, 6) is 1.07. The van der Waals surface area contributed by atoms with Crippen molar-refractivity contribution in [1.29, 1.82) is 0 Å². The Labute approximate surface area is 101 Å². The van der Waals surface area contributed by atoms with E-state index in [-0.39, 0.29) is 11.8 Å². The highest BCUT2D eigenvalue weighted by Gasteiger charge is 2.32. The number of amides is 1. The molecule has 4 N–H and O–H groups in total. The quantitative estimate of drug-likeness (QED) is 0.736. The number of nitrogens with one attached hydrogen (secondary N) is 2. The van der Waals surface area contributed by atoms with Crippen molar-refractivity contribution in [3.05, 3.63) is 11.8 Å². The van der Waals surface area contributed by atoms with E-state index >= 15 is 0 Å². The van der Waals surface area contributed by atoms with Crippen molar-refractivity contribution >= 4 is 11.7 Å². The molecular weight excluding hydrogens is 216 g/mol. The first-order valence-electron chi connectivity index (χ1n) is 6.29. The number of nitrogens with two attached hydrogens (primary N) is 1. The van der Waals surface area contributed by atoms with Gasteiger partial charge in [0.05, 0.1) is 0 Å². The minimum atomic E-state index is 0.0572. The van der Waals surface area contributed by atoms with E-state index in [9.17, 15) is 4.79 Å². The van der Waals surface area contributed by atoms with Crippen molar-refractivity contribution < 1.29 is 4.79 Å². The van der Waals surface area contributed by atoms with Crippen LogP contribution in [0.1, 0.15) is 31.9 Å². The van der Waals surface area contributed by atoms with Crippen LogP contribution in [-0.2, 0) is 11.2 Å². The van der Waals surface area contributed by atoms with Gasteiger partial charge in [-0.15, -0.1) is 0 Å². The molecule has 0 spiro atoms. The van der Waals surface area contributed by atoms with Crippen LogP contribution in [0.4, 0.5) is 5.82 Å². The average Bonchev–Trinajstić information content (AvgIpc) is 2.96. The summed E-state index contributed by atoms with van der Waals surface area (Å²) >= 11 is 0. The van der Waals surface area contributed by atoms with E-state index < -0.39 is 0 Å². The number of anilines is 1. The molecular formula is C12H20N4O. The van der Waals surface area contributed by atoms with Crippen molar-refractivity contribution in [2.45, 2.75) is 32.6 Å². The molecule has 1 aliphatic rings. The highest BCUT2D eigenvalue weighted by Crippen LogP contribution is 2.31. The SMILES string of the molecule is CCc1cc(NC(=O)C2CCCC2CN)n[nH]1. The molecule has 1 amide bonds. The number of rotatable bonds is 4. The summed E-state index contributed by atoms with van der Waals surface area (Å²) in [4.78, 5) is 12.1. The smallest absolute Gasteiger partial charge is 0.229 e. The van der Waals surface area contributed by atoms with E-state index in [1.807, 2.05) is 13.0 Å². The molecule has 0 aromatic carbocycles. The Balaban J connectivity index is 1.96. The lowest BCUT2D eigenvalue weighted by atomic mass is 9.95. The third-order valence-electron chi connectivity index (χ3n) is 3.56. The van der Waals surface area contributed by atoms with Crippen LogP contribution in [0.25, 0.3) is 0 Å². The van der Waals surface area contributed by atoms with E-state index in [1.165, 1.54) is 0 Å². The molecule has 1 aliphatic carbocycles. The summed E-state index contributed by atoms with van der Waals surface area (Å²) in [5.41, 5.74) is 6.71. The van der Waals surface area contributed by atoms with Gasteiger partial charge in [-0.05, 0) is 31.7 Å². The molecule has 1 aromatic rings. The average molecular weight is 236 g/mol. The molecule has 5 nitrogen and oxygen atoms in total. The Bertz CT molecular complexity index is 388. The van der Waals surface area contributed by atoms with Crippen molar-refractivity contribution in [3.63, 3.8) is 0 Å². The second kappa shape index (κ2) is 5.31. The zero-order valence-corrected chi connectivity index (χ0v) is 10.2. The van der Waals surface area contributed by atoms with Gasteiger partial charge in [0.2, 0.25) is 5.91 Å². The molecule has 2 rings (SSSR count). The first-order valence-corrected chi connectivity index (χ1v) is 6.29. The summed E-state index contributed by atoms with van der Waals surface area (Å²) < 4.78 is 0. The Morgan fingerprint density at radius 1 is 1.65 bits per heavy atom. The number of carbonyl (C=O) groups excluding carboxylic acids is 1.